The Morgan fingerprint density at radius 2 is 1.81 bits per heavy atom. The number of thioether (sulfide) groups is 1. The molecule has 0 spiro atoms. The first-order valence-electron chi connectivity index (χ1n) is 7.98. The molecule has 26 heavy (non-hydrogen) atoms. The van der Waals surface area contributed by atoms with Crippen LogP contribution in [0, 0.1) is 5.82 Å². The first-order valence-corrected chi connectivity index (χ1v) is 8.96. The Balaban J connectivity index is 1.62. The van der Waals surface area contributed by atoms with E-state index < -0.39 is 0 Å². The molecule has 7 heteroatoms. The monoisotopic (exact) mass is 366 g/mol. The van der Waals surface area contributed by atoms with Gasteiger partial charge >= 0.3 is 0 Å². The van der Waals surface area contributed by atoms with Gasteiger partial charge < -0.3 is 4.74 Å². The first-order chi connectivity index (χ1) is 12.7. The molecule has 4 rings (SSSR count). The van der Waals surface area contributed by atoms with E-state index in [0.29, 0.717) is 22.8 Å². The van der Waals surface area contributed by atoms with Crippen LogP contribution in [0.3, 0.4) is 0 Å². The van der Waals surface area contributed by atoms with Gasteiger partial charge in [0.15, 0.2) is 11.5 Å². The standard InChI is InChI=1S/C19H15FN4OS/c1-25-15-8-6-13(7-9-15)19-22-21-17-10-11-18(23-24(17)19)26-12-14-4-2-3-5-16(14)20/h2-11H,12H2,1H3. The highest BCUT2D eigenvalue weighted by atomic mass is 32.2. The van der Waals surface area contributed by atoms with Crippen LogP contribution >= 0.6 is 11.8 Å². The van der Waals surface area contributed by atoms with Crippen LogP contribution in [0.1, 0.15) is 5.56 Å². The van der Waals surface area contributed by atoms with Gasteiger partial charge in [-0.15, -0.1) is 10.2 Å². The van der Waals surface area contributed by atoms with E-state index in [1.165, 1.54) is 17.8 Å². The summed E-state index contributed by atoms with van der Waals surface area (Å²) in [4.78, 5) is 0. The zero-order valence-corrected chi connectivity index (χ0v) is 14.8. The summed E-state index contributed by atoms with van der Waals surface area (Å²) in [5.74, 6) is 1.72. The van der Waals surface area contributed by atoms with Gasteiger partial charge in [0.05, 0.1) is 7.11 Å². The number of halogens is 1. The minimum Gasteiger partial charge on any atom is -0.497 e. The zero-order valence-electron chi connectivity index (χ0n) is 14.0. The molecule has 0 fully saturated rings. The Morgan fingerprint density at radius 1 is 1.00 bits per heavy atom. The average Bonchev–Trinajstić information content (AvgIpc) is 3.11. The summed E-state index contributed by atoms with van der Waals surface area (Å²) < 4.78 is 20.7. The van der Waals surface area contributed by atoms with Gasteiger partial charge in [0.1, 0.15) is 16.6 Å². The minimum absolute atomic E-state index is 0.204. The topological polar surface area (TPSA) is 52.3 Å². The van der Waals surface area contributed by atoms with Crippen LogP contribution in [0.4, 0.5) is 4.39 Å². The number of hydrogen-bond acceptors (Lipinski definition) is 5. The predicted octanol–water partition coefficient (Wildman–Crippen LogP) is 4.23. The second kappa shape index (κ2) is 7.13. The molecule has 4 aromatic rings. The van der Waals surface area contributed by atoms with Gasteiger partial charge in [0, 0.05) is 11.3 Å². The molecule has 2 heterocycles. The van der Waals surface area contributed by atoms with Gasteiger partial charge in [-0.1, -0.05) is 30.0 Å². The zero-order chi connectivity index (χ0) is 17.9. The van der Waals surface area contributed by atoms with Crippen molar-refractivity contribution >= 4 is 17.4 Å². The summed E-state index contributed by atoms with van der Waals surface area (Å²) in [6.45, 7) is 0. The molecule has 0 amide bonds. The highest BCUT2D eigenvalue weighted by Gasteiger charge is 2.11. The fraction of sp³-hybridized carbons (Fsp3) is 0.105. The van der Waals surface area contributed by atoms with Crippen molar-refractivity contribution < 1.29 is 9.13 Å². The Hall–Kier alpha value is -2.93. The molecule has 0 N–H and O–H groups in total. The summed E-state index contributed by atoms with van der Waals surface area (Å²) >= 11 is 1.47. The molecule has 2 aromatic carbocycles. The summed E-state index contributed by atoms with van der Waals surface area (Å²) in [5.41, 5.74) is 2.20. The number of fused-ring (bicyclic) bond motifs is 1. The molecule has 0 unspecified atom stereocenters. The third-order valence-electron chi connectivity index (χ3n) is 3.92. The summed E-state index contributed by atoms with van der Waals surface area (Å²) in [6, 6.07) is 18.1. The van der Waals surface area contributed by atoms with Crippen LogP contribution < -0.4 is 4.74 Å². The molecule has 0 radical (unpaired) electrons. The fourth-order valence-electron chi connectivity index (χ4n) is 2.54. The van der Waals surface area contributed by atoms with Gasteiger partial charge in [-0.3, -0.25) is 0 Å². The van der Waals surface area contributed by atoms with Crippen molar-refractivity contribution in [3.05, 3.63) is 72.0 Å². The molecule has 0 aliphatic heterocycles. The van der Waals surface area contributed by atoms with Crippen molar-refractivity contribution in [3.8, 4) is 17.1 Å². The van der Waals surface area contributed by atoms with E-state index in [9.17, 15) is 4.39 Å². The largest absolute Gasteiger partial charge is 0.497 e. The quantitative estimate of drug-likeness (QED) is 0.495. The second-order valence-corrected chi connectivity index (χ2v) is 6.57. The number of methoxy groups -OCH3 is 1. The van der Waals surface area contributed by atoms with Gasteiger partial charge in [0.2, 0.25) is 0 Å². The van der Waals surface area contributed by atoms with Crippen LogP contribution in [0.5, 0.6) is 5.75 Å². The average molecular weight is 366 g/mol. The van der Waals surface area contributed by atoms with E-state index in [2.05, 4.69) is 15.3 Å². The van der Waals surface area contributed by atoms with Crippen LogP contribution in [0.2, 0.25) is 0 Å². The van der Waals surface area contributed by atoms with E-state index >= 15 is 0 Å². The van der Waals surface area contributed by atoms with Gasteiger partial charge in [-0.05, 0) is 48.0 Å². The van der Waals surface area contributed by atoms with Crippen molar-refractivity contribution in [2.24, 2.45) is 0 Å². The molecule has 5 nitrogen and oxygen atoms in total. The fourth-order valence-corrected chi connectivity index (χ4v) is 3.38. The molecule has 0 aliphatic rings. The van der Waals surface area contributed by atoms with E-state index in [0.717, 1.165) is 16.3 Å². The summed E-state index contributed by atoms with van der Waals surface area (Å²) in [6.07, 6.45) is 0. The summed E-state index contributed by atoms with van der Waals surface area (Å²) in [7, 11) is 1.63. The smallest absolute Gasteiger partial charge is 0.185 e. The third-order valence-corrected chi connectivity index (χ3v) is 4.89. The minimum atomic E-state index is -0.204. The lowest BCUT2D eigenvalue weighted by atomic mass is 10.2. The van der Waals surface area contributed by atoms with Crippen molar-refractivity contribution in [2.45, 2.75) is 10.8 Å². The molecule has 0 saturated carbocycles. The van der Waals surface area contributed by atoms with Gasteiger partial charge in [-0.25, -0.2) is 4.39 Å². The van der Waals surface area contributed by atoms with Crippen LogP contribution in [-0.4, -0.2) is 26.9 Å². The third kappa shape index (κ3) is 3.25. The number of hydrogen-bond donors (Lipinski definition) is 0. The lowest BCUT2D eigenvalue weighted by Gasteiger charge is -2.05. The Kier molecular flexibility index (Phi) is 4.53. The number of rotatable bonds is 5. The number of ether oxygens (including phenoxy) is 1. The number of benzene rings is 2. The van der Waals surface area contributed by atoms with Crippen molar-refractivity contribution in [1.82, 2.24) is 19.8 Å². The molecular weight excluding hydrogens is 351 g/mol. The maximum Gasteiger partial charge on any atom is 0.185 e. The van der Waals surface area contributed by atoms with Crippen LogP contribution in [0.15, 0.2) is 65.7 Å². The van der Waals surface area contributed by atoms with Crippen molar-refractivity contribution in [2.75, 3.05) is 7.11 Å². The second-order valence-electron chi connectivity index (χ2n) is 5.57. The van der Waals surface area contributed by atoms with E-state index in [-0.39, 0.29) is 5.82 Å². The SMILES string of the molecule is COc1ccc(-c2nnc3ccc(SCc4ccccc4F)nn23)cc1. The van der Waals surface area contributed by atoms with Crippen LogP contribution in [0.25, 0.3) is 17.0 Å². The van der Waals surface area contributed by atoms with Crippen molar-refractivity contribution in [3.63, 3.8) is 0 Å². The maximum absolute atomic E-state index is 13.8. The predicted molar refractivity (Wildman–Crippen MR) is 98.7 cm³/mol. The van der Waals surface area contributed by atoms with Crippen LogP contribution in [-0.2, 0) is 5.75 Å². The molecule has 0 aliphatic carbocycles. The first kappa shape index (κ1) is 16.5. The van der Waals surface area contributed by atoms with E-state index in [1.54, 1.807) is 23.8 Å². The number of aromatic nitrogens is 4. The van der Waals surface area contributed by atoms with Crippen molar-refractivity contribution in [1.29, 1.82) is 0 Å². The highest BCUT2D eigenvalue weighted by molar-refractivity contribution is 7.98. The molecule has 0 bridgehead atoms. The Bertz CT molecular complexity index is 1050. The lowest BCUT2D eigenvalue weighted by molar-refractivity contribution is 0.415. The van der Waals surface area contributed by atoms with Gasteiger partial charge in [0.25, 0.3) is 0 Å². The summed E-state index contributed by atoms with van der Waals surface area (Å²) in [5, 5.41) is 13.8. The molecule has 0 atom stereocenters. The molecular formula is C19H15FN4OS. The van der Waals surface area contributed by atoms with E-state index in [1.807, 2.05) is 42.5 Å². The normalized spacial score (nSPS) is 11.0. The van der Waals surface area contributed by atoms with Gasteiger partial charge in [-0.2, -0.15) is 9.61 Å². The maximum atomic E-state index is 13.8. The molecule has 130 valence electrons. The number of nitrogens with zero attached hydrogens (tertiary/aromatic N) is 4. The lowest BCUT2D eigenvalue weighted by Crippen LogP contribution is -1.97. The molecule has 2 aromatic heterocycles. The molecule has 0 saturated heterocycles. The highest BCUT2D eigenvalue weighted by Crippen LogP contribution is 2.25. The van der Waals surface area contributed by atoms with E-state index in [4.69, 9.17) is 4.74 Å². The Morgan fingerprint density at radius 3 is 2.58 bits per heavy atom. The Labute approximate surface area is 153 Å².